The molecule has 1 heterocycles. The van der Waals surface area contributed by atoms with Gasteiger partial charge in [-0.3, -0.25) is 4.79 Å². The molecule has 1 N–H and O–H groups in total. The number of nitrogens with one attached hydrogen (secondary N) is 1. The number of nitrogens with zero attached hydrogens (tertiary/aromatic N) is 1. The summed E-state index contributed by atoms with van der Waals surface area (Å²) in [4.78, 5) is 13.5. The summed E-state index contributed by atoms with van der Waals surface area (Å²) in [5, 5.41) is 0. The highest BCUT2D eigenvalue weighted by molar-refractivity contribution is 7.89. The first-order chi connectivity index (χ1) is 9.97. The normalized spacial score (nSPS) is 19.0. The molecule has 114 valence electrons. The van der Waals surface area contributed by atoms with Gasteiger partial charge in [0, 0.05) is 25.2 Å². The number of amides is 1. The summed E-state index contributed by atoms with van der Waals surface area (Å²) in [5.41, 5.74) is 1.77. The van der Waals surface area contributed by atoms with Crippen LogP contribution in [-0.2, 0) is 21.2 Å². The zero-order valence-electron chi connectivity index (χ0n) is 12.1. The smallest absolute Gasteiger partial charge is 0.240 e. The molecule has 5 nitrogen and oxygen atoms in total. The Morgan fingerprint density at radius 2 is 2.00 bits per heavy atom. The van der Waals surface area contributed by atoms with Crippen LogP contribution in [0.25, 0.3) is 0 Å². The van der Waals surface area contributed by atoms with Gasteiger partial charge in [-0.1, -0.05) is 12.8 Å². The van der Waals surface area contributed by atoms with E-state index in [9.17, 15) is 13.2 Å². The van der Waals surface area contributed by atoms with Crippen LogP contribution < -0.4 is 9.62 Å². The number of hydrogen-bond acceptors (Lipinski definition) is 3. The Morgan fingerprint density at radius 3 is 2.67 bits per heavy atom. The summed E-state index contributed by atoms with van der Waals surface area (Å²) in [6, 6.07) is 5.11. The molecule has 1 aliphatic heterocycles. The average Bonchev–Trinajstić information content (AvgIpc) is 3.05. The maximum absolute atomic E-state index is 12.4. The van der Waals surface area contributed by atoms with Gasteiger partial charge in [-0.25, -0.2) is 13.1 Å². The van der Waals surface area contributed by atoms with Crippen molar-refractivity contribution in [3.63, 3.8) is 0 Å². The average molecular weight is 308 g/mol. The predicted molar refractivity (Wildman–Crippen MR) is 80.8 cm³/mol. The van der Waals surface area contributed by atoms with Gasteiger partial charge in [-0.2, -0.15) is 0 Å². The van der Waals surface area contributed by atoms with Crippen LogP contribution in [0.5, 0.6) is 0 Å². The highest BCUT2D eigenvalue weighted by atomic mass is 32.2. The van der Waals surface area contributed by atoms with Crippen LogP contribution in [0.2, 0.25) is 0 Å². The lowest BCUT2D eigenvalue weighted by Crippen LogP contribution is -2.32. The summed E-state index contributed by atoms with van der Waals surface area (Å²) in [6.07, 6.45) is 4.72. The quantitative estimate of drug-likeness (QED) is 0.926. The maximum Gasteiger partial charge on any atom is 0.240 e. The number of benzene rings is 1. The third-order valence-electron chi connectivity index (χ3n) is 4.31. The van der Waals surface area contributed by atoms with E-state index in [4.69, 9.17) is 0 Å². The molecule has 3 rings (SSSR count). The van der Waals surface area contributed by atoms with E-state index in [1.807, 2.05) is 0 Å². The fourth-order valence-corrected chi connectivity index (χ4v) is 4.56. The second-order valence-electron chi connectivity index (χ2n) is 5.81. The van der Waals surface area contributed by atoms with Crippen LogP contribution in [0.4, 0.5) is 5.69 Å². The Bertz CT molecular complexity index is 663. The Hall–Kier alpha value is -1.40. The Balaban J connectivity index is 1.85. The van der Waals surface area contributed by atoms with Gasteiger partial charge in [0.1, 0.15) is 0 Å². The molecule has 0 saturated heterocycles. The predicted octanol–water partition coefficient (Wildman–Crippen LogP) is 1.82. The van der Waals surface area contributed by atoms with Gasteiger partial charge < -0.3 is 4.90 Å². The van der Waals surface area contributed by atoms with Crippen molar-refractivity contribution < 1.29 is 13.2 Å². The molecule has 0 unspecified atom stereocenters. The molecule has 0 spiro atoms. The number of anilines is 1. The van der Waals surface area contributed by atoms with E-state index < -0.39 is 10.0 Å². The standard InChI is InChI=1S/C15H20N2O3S/c1-11(18)17-9-8-12-10-14(6-7-15(12)17)21(19,20)16-13-4-2-3-5-13/h6-7,10,13,16H,2-5,8-9H2,1H3. The third kappa shape index (κ3) is 2.82. The van der Waals surface area contributed by atoms with E-state index >= 15 is 0 Å². The van der Waals surface area contributed by atoms with Crippen molar-refractivity contribution in [2.45, 2.75) is 50.0 Å². The lowest BCUT2D eigenvalue weighted by atomic mass is 10.2. The highest BCUT2D eigenvalue weighted by Gasteiger charge is 2.26. The first-order valence-electron chi connectivity index (χ1n) is 7.41. The van der Waals surface area contributed by atoms with Gasteiger partial charge in [-0.15, -0.1) is 0 Å². The third-order valence-corrected chi connectivity index (χ3v) is 5.83. The number of hydrogen-bond donors (Lipinski definition) is 1. The van der Waals surface area contributed by atoms with Crippen molar-refractivity contribution in [1.82, 2.24) is 4.72 Å². The molecule has 21 heavy (non-hydrogen) atoms. The summed E-state index contributed by atoms with van der Waals surface area (Å²) < 4.78 is 27.6. The van der Waals surface area contributed by atoms with Crippen LogP contribution in [0.1, 0.15) is 38.2 Å². The fraction of sp³-hybridized carbons (Fsp3) is 0.533. The molecule has 0 radical (unpaired) electrons. The van der Waals surface area contributed by atoms with Gasteiger partial charge >= 0.3 is 0 Å². The lowest BCUT2D eigenvalue weighted by molar-refractivity contribution is -0.116. The number of sulfonamides is 1. The van der Waals surface area contributed by atoms with Gasteiger partial charge in [-0.05, 0) is 43.0 Å². The Labute approximate surface area is 125 Å². The molecule has 6 heteroatoms. The monoisotopic (exact) mass is 308 g/mol. The fourth-order valence-electron chi connectivity index (χ4n) is 3.20. The second kappa shape index (κ2) is 5.42. The molecular formula is C15H20N2O3S. The zero-order chi connectivity index (χ0) is 15.0. The number of carbonyl (C=O) groups excluding carboxylic acids is 1. The minimum absolute atomic E-state index is 0.00608. The molecule has 0 bridgehead atoms. The molecule has 1 aliphatic carbocycles. The van der Waals surface area contributed by atoms with Crippen molar-refractivity contribution in [3.8, 4) is 0 Å². The summed E-state index contributed by atoms with van der Waals surface area (Å²) in [6.45, 7) is 2.16. The van der Waals surface area contributed by atoms with Gasteiger partial charge in [0.05, 0.1) is 4.90 Å². The maximum atomic E-state index is 12.4. The first kappa shape index (κ1) is 14.5. The SMILES string of the molecule is CC(=O)N1CCc2cc(S(=O)(=O)NC3CCCC3)ccc21. The molecule has 1 aromatic rings. The van der Waals surface area contributed by atoms with Crippen molar-refractivity contribution in [2.24, 2.45) is 0 Å². The molecule has 0 atom stereocenters. The van der Waals surface area contributed by atoms with Crippen LogP contribution in [0.3, 0.4) is 0 Å². The van der Waals surface area contributed by atoms with Crippen LogP contribution in [0, 0.1) is 0 Å². The largest absolute Gasteiger partial charge is 0.312 e. The molecule has 1 fully saturated rings. The van der Waals surface area contributed by atoms with E-state index in [0.29, 0.717) is 17.9 Å². The van der Waals surface area contributed by atoms with E-state index in [-0.39, 0.29) is 11.9 Å². The molecule has 2 aliphatic rings. The molecule has 1 aromatic carbocycles. The van der Waals surface area contributed by atoms with Crippen molar-refractivity contribution in [1.29, 1.82) is 0 Å². The summed E-state index contributed by atoms with van der Waals surface area (Å²) in [7, 11) is -3.46. The number of carbonyl (C=O) groups is 1. The number of rotatable bonds is 3. The minimum atomic E-state index is -3.46. The molecule has 1 amide bonds. The van der Waals surface area contributed by atoms with Crippen LogP contribution >= 0.6 is 0 Å². The lowest BCUT2D eigenvalue weighted by Gasteiger charge is -2.16. The van der Waals surface area contributed by atoms with E-state index in [1.54, 1.807) is 23.1 Å². The van der Waals surface area contributed by atoms with Crippen molar-refractivity contribution >= 4 is 21.6 Å². The van der Waals surface area contributed by atoms with Crippen molar-refractivity contribution in [2.75, 3.05) is 11.4 Å². The summed E-state index contributed by atoms with van der Waals surface area (Å²) in [5.74, 6) is -0.00608. The topological polar surface area (TPSA) is 66.5 Å². The highest BCUT2D eigenvalue weighted by Crippen LogP contribution is 2.30. The van der Waals surface area contributed by atoms with Crippen LogP contribution in [-0.4, -0.2) is 26.9 Å². The van der Waals surface area contributed by atoms with E-state index in [2.05, 4.69) is 4.72 Å². The second-order valence-corrected chi connectivity index (χ2v) is 7.53. The van der Waals surface area contributed by atoms with E-state index in [0.717, 1.165) is 36.9 Å². The summed E-state index contributed by atoms with van der Waals surface area (Å²) >= 11 is 0. The van der Waals surface area contributed by atoms with Gasteiger partial charge in [0.2, 0.25) is 15.9 Å². The van der Waals surface area contributed by atoms with Gasteiger partial charge in [0.25, 0.3) is 0 Å². The first-order valence-corrected chi connectivity index (χ1v) is 8.89. The van der Waals surface area contributed by atoms with E-state index in [1.165, 1.54) is 6.92 Å². The Kier molecular flexibility index (Phi) is 3.75. The van der Waals surface area contributed by atoms with Crippen molar-refractivity contribution in [3.05, 3.63) is 23.8 Å². The Morgan fingerprint density at radius 1 is 1.29 bits per heavy atom. The minimum Gasteiger partial charge on any atom is -0.312 e. The van der Waals surface area contributed by atoms with Crippen LogP contribution in [0.15, 0.2) is 23.1 Å². The zero-order valence-corrected chi connectivity index (χ0v) is 12.9. The van der Waals surface area contributed by atoms with Gasteiger partial charge in [0.15, 0.2) is 0 Å². The molecule has 0 aromatic heterocycles. The molecular weight excluding hydrogens is 288 g/mol. The molecule has 1 saturated carbocycles. The number of fused-ring (bicyclic) bond motifs is 1.